The van der Waals surface area contributed by atoms with Crippen molar-refractivity contribution in [1.82, 2.24) is 5.32 Å². The zero-order chi connectivity index (χ0) is 17.8. The molecular weight excluding hydrogens is 339 g/mol. The first-order chi connectivity index (χ1) is 10.5. The standard InChI is InChI=1S/C13H15ClF3N3O3/c1-7(2)19-12(21)3-4-18-10-6-9(14)8(13(15,16)17)5-11(10)20(22)23/h5-7,18H,3-4H2,1-2H3,(H,19,21). The van der Waals surface area contributed by atoms with Gasteiger partial charge in [-0.25, -0.2) is 0 Å². The summed E-state index contributed by atoms with van der Waals surface area (Å²) in [6.07, 6.45) is -4.79. The molecule has 1 aromatic carbocycles. The van der Waals surface area contributed by atoms with Crippen LogP contribution in [0.25, 0.3) is 0 Å². The Morgan fingerprint density at radius 1 is 1.39 bits per heavy atom. The van der Waals surface area contributed by atoms with Crippen LogP contribution >= 0.6 is 11.6 Å². The van der Waals surface area contributed by atoms with Crippen LogP contribution in [0, 0.1) is 10.1 Å². The van der Waals surface area contributed by atoms with Gasteiger partial charge in [-0.1, -0.05) is 11.6 Å². The van der Waals surface area contributed by atoms with E-state index in [2.05, 4.69) is 10.6 Å². The van der Waals surface area contributed by atoms with Crippen LogP contribution in [0.4, 0.5) is 24.5 Å². The number of nitro groups is 1. The molecule has 0 saturated heterocycles. The highest BCUT2D eigenvalue weighted by atomic mass is 35.5. The number of halogens is 4. The van der Waals surface area contributed by atoms with Gasteiger partial charge in [0.25, 0.3) is 5.69 Å². The van der Waals surface area contributed by atoms with E-state index in [1.54, 1.807) is 13.8 Å². The fourth-order valence-electron chi connectivity index (χ4n) is 1.78. The first-order valence-corrected chi connectivity index (χ1v) is 6.98. The zero-order valence-electron chi connectivity index (χ0n) is 12.3. The predicted molar refractivity (Wildman–Crippen MR) is 79.5 cm³/mol. The third kappa shape index (κ3) is 5.59. The lowest BCUT2D eigenvalue weighted by molar-refractivity contribution is -0.384. The van der Waals surface area contributed by atoms with Crippen molar-refractivity contribution in [3.8, 4) is 0 Å². The molecule has 0 aliphatic heterocycles. The number of hydrogen-bond donors (Lipinski definition) is 2. The van der Waals surface area contributed by atoms with E-state index in [-0.39, 0.29) is 30.6 Å². The summed E-state index contributed by atoms with van der Waals surface area (Å²) < 4.78 is 38.2. The second-order valence-electron chi connectivity index (χ2n) is 5.00. The van der Waals surface area contributed by atoms with E-state index in [4.69, 9.17) is 11.6 Å². The van der Waals surface area contributed by atoms with Crippen LogP contribution in [0.2, 0.25) is 5.02 Å². The third-order valence-electron chi connectivity index (χ3n) is 2.70. The Labute approximate surface area is 135 Å². The fraction of sp³-hybridized carbons (Fsp3) is 0.462. The van der Waals surface area contributed by atoms with Crippen molar-refractivity contribution < 1.29 is 22.9 Å². The first-order valence-electron chi connectivity index (χ1n) is 6.60. The largest absolute Gasteiger partial charge is 0.418 e. The normalized spacial score (nSPS) is 11.4. The van der Waals surface area contributed by atoms with Crippen LogP contribution < -0.4 is 10.6 Å². The van der Waals surface area contributed by atoms with E-state index in [0.717, 1.165) is 6.07 Å². The molecule has 0 aromatic heterocycles. The highest BCUT2D eigenvalue weighted by molar-refractivity contribution is 6.31. The SMILES string of the molecule is CC(C)NC(=O)CCNc1cc(Cl)c(C(F)(F)F)cc1[N+](=O)[O-]. The van der Waals surface area contributed by atoms with Crippen molar-refractivity contribution in [2.24, 2.45) is 0 Å². The van der Waals surface area contributed by atoms with E-state index in [1.165, 1.54) is 0 Å². The Bertz CT molecular complexity index is 606. The minimum absolute atomic E-state index is 0.00791. The number of amides is 1. The van der Waals surface area contributed by atoms with E-state index in [9.17, 15) is 28.1 Å². The maximum Gasteiger partial charge on any atom is 0.418 e. The second-order valence-corrected chi connectivity index (χ2v) is 5.41. The summed E-state index contributed by atoms with van der Waals surface area (Å²) in [6.45, 7) is 3.55. The zero-order valence-corrected chi connectivity index (χ0v) is 13.1. The molecule has 0 aliphatic carbocycles. The molecule has 0 saturated carbocycles. The van der Waals surface area contributed by atoms with Gasteiger partial charge in [0, 0.05) is 25.1 Å². The number of carbonyl (C=O) groups excluding carboxylic acids is 1. The Hall–Kier alpha value is -2.03. The van der Waals surface area contributed by atoms with E-state index in [0.29, 0.717) is 6.07 Å². The quantitative estimate of drug-likeness (QED) is 0.604. The van der Waals surface area contributed by atoms with Gasteiger partial charge in [-0.05, 0) is 19.9 Å². The van der Waals surface area contributed by atoms with Crippen LogP contribution in [0.3, 0.4) is 0 Å². The van der Waals surface area contributed by atoms with Crippen molar-refractivity contribution in [2.75, 3.05) is 11.9 Å². The summed E-state index contributed by atoms with van der Waals surface area (Å²) in [5, 5.41) is 15.5. The van der Waals surface area contributed by atoms with Crippen molar-refractivity contribution >= 4 is 28.9 Å². The molecule has 23 heavy (non-hydrogen) atoms. The maximum atomic E-state index is 12.7. The smallest absolute Gasteiger partial charge is 0.379 e. The molecule has 128 valence electrons. The van der Waals surface area contributed by atoms with Crippen LogP contribution in [-0.2, 0) is 11.0 Å². The van der Waals surface area contributed by atoms with E-state index in [1.807, 2.05) is 0 Å². The number of benzene rings is 1. The minimum atomic E-state index is -4.79. The van der Waals surface area contributed by atoms with Gasteiger partial charge in [-0.15, -0.1) is 0 Å². The number of rotatable bonds is 6. The average molecular weight is 354 g/mol. The lowest BCUT2D eigenvalue weighted by atomic mass is 10.1. The van der Waals surface area contributed by atoms with Gasteiger partial charge in [0.05, 0.1) is 15.5 Å². The van der Waals surface area contributed by atoms with Gasteiger partial charge >= 0.3 is 6.18 Å². The molecule has 0 fully saturated rings. The monoisotopic (exact) mass is 353 g/mol. The van der Waals surface area contributed by atoms with Crippen LogP contribution in [0.1, 0.15) is 25.8 Å². The number of anilines is 1. The molecular formula is C13H15ClF3N3O3. The molecule has 10 heteroatoms. The molecule has 1 amide bonds. The lowest BCUT2D eigenvalue weighted by Crippen LogP contribution is -2.31. The summed E-state index contributed by atoms with van der Waals surface area (Å²) in [5.41, 5.74) is -2.22. The number of alkyl halides is 3. The first kappa shape index (κ1) is 19.0. The molecule has 6 nitrogen and oxygen atoms in total. The van der Waals surface area contributed by atoms with Crippen molar-refractivity contribution in [3.05, 3.63) is 32.8 Å². The highest BCUT2D eigenvalue weighted by Gasteiger charge is 2.36. The topological polar surface area (TPSA) is 84.3 Å². The third-order valence-corrected chi connectivity index (χ3v) is 3.02. The van der Waals surface area contributed by atoms with Crippen LogP contribution in [0.15, 0.2) is 12.1 Å². The molecule has 0 atom stereocenters. The van der Waals surface area contributed by atoms with Crippen molar-refractivity contribution in [1.29, 1.82) is 0 Å². The highest BCUT2D eigenvalue weighted by Crippen LogP contribution is 2.40. The summed E-state index contributed by atoms with van der Waals surface area (Å²) in [5.74, 6) is -0.284. The van der Waals surface area contributed by atoms with Gasteiger partial charge in [-0.2, -0.15) is 13.2 Å². The molecule has 0 aliphatic rings. The Morgan fingerprint density at radius 2 is 2.00 bits per heavy atom. The molecule has 2 N–H and O–H groups in total. The summed E-state index contributed by atoms with van der Waals surface area (Å²) >= 11 is 5.54. The number of nitrogens with zero attached hydrogens (tertiary/aromatic N) is 1. The van der Waals surface area contributed by atoms with Crippen LogP contribution in [-0.4, -0.2) is 23.4 Å². The molecule has 1 rings (SSSR count). The predicted octanol–water partition coefficient (Wildman–Crippen LogP) is 3.59. The van der Waals surface area contributed by atoms with Gasteiger partial charge in [-0.3, -0.25) is 14.9 Å². The van der Waals surface area contributed by atoms with Gasteiger partial charge in [0.1, 0.15) is 5.69 Å². The van der Waals surface area contributed by atoms with Crippen molar-refractivity contribution in [3.63, 3.8) is 0 Å². The Balaban J connectivity index is 2.92. The molecule has 0 heterocycles. The van der Waals surface area contributed by atoms with Gasteiger partial charge < -0.3 is 10.6 Å². The summed E-state index contributed by atoms with van der Waals surface area (Å²) in [7, 11) is 0. The number of carbonyl (C=O) groups is 1. The van der Waals surface area contributed by atoms with Gasteiger partial charge in [0.15, 0.2) is 0 Å². The fourth-order valence-corrected chi connectivity index (χ4v) is 2.05. The number of nitro benzene ring substituents is 1. The lowest BCUT2D eigenvalue weighted by Gasteiger charge is -2.13. The molecule has 0 bridgehead atoms. The van der Waals surface area contributed by atoms with E-state index >= 15 is 0 Å². The van der Waals surface area contributed by atoms with Gasteiger partial charge in [0.2, 0.25) is 5.91 Å². The number of hydrogen-bond acceptors (Lipinski definition) is 4. The summed E-state index contributed by atoms with van der Waals surface area (Å²) in [6, 6.07) is 1.15. The second kappa shape index (κ2) is 7.49. The molecule has 0 unspecified atom stereocenters. The summed E-state index contributed by atoms with van der Waals surface area (Å²) in [4.78, 5) is 21.4. The Morgan fingerprint density at radius 3 is 2.48 bits per heavy atom. The molecule has 1 aromatic rings. The van der Waals surface area contributed by atoms with Crippen molar-refractivity contribution in [2.45, 2.75) is 32.5 Å². The van der Waals surface area contributed by atoms with E-state index < -0.39 is 27.4 Å². The molecule has 0 radical (unpaired) electrons. The van der Waals surface area contributed by atoms with Crippen LogP contribution in [0.5, 0.6) is 0 Å². The Kier molecular flexibility index (Phi) is 6.20. The average Bonchev–Trinajstić information content (AvgIpc) is 2.35. The number of nitrogens with one attached hydrogen (secondary N) is 2. The maximum absolute atomic E-state index is 12.7. The molecule has 0 spiro atoms. The minimum Gasteiger partial charge on any atom is -0.379 e.